The summed E-state index contributed by atoms with van der Waals surface area (Å²) < 4.78 is 6.89. The van der Waals surface area contributed by atoms with E-state index in [1.165, 1.54) is 6.20 Å². The lowest BCUT2D eigenvalue weighted by Gasteiger charge is -2.13. The number of carbonyl (C=O) groups is 1. The number of hydrogen-bond donors (Lipinski definition) is 0. The molecule has 10 heteroatoms. The Kier molecular flexibility index (Phi) is 11.0. The highest BCUT2D eigenvalue weighted by Crippen LogP contribution is 2.34. The molecular weight excluding hydrogens is 468 g/mol. The van der Waals surface area contributed by atoms with Gasteiger partial charge in [-0.25, -0.2) is 24.7 Å². The second-order valence-electron chi connectivity index (χ2n) is 7.26. The number of esters is 1. The lowest BCUT2D eigenvalue weighted by molar-refractivity contribution is -0.135. The highest BCUT2D eigenvalue weighted by molar-refractivity contribution is 8.15. The predicted octanol–water partition coefficient (Wildman–Crippen LogP) is 5.27. The van der Waals surface area contributed by atoms with E-state index < -0.39 is 5.97 Å². The summed E-state index contributed by atoms with van der Waals surface area (Å²) in [6.07, 6.45) is 5.58. The molecule has 2 aromatic heterocycles. The van der Waals surface area contributed by atoms with Crippen LogP contribution in [-0.4, -0.2) is 50.5 Å². The zero-order chi connectivity index (χ0) is 25.1. The van der Waals surface area contributed by atoms with Crippen molar-refractivity contribution in [3.63, 3.8) is 0 Å². The third kappa shape index (κ3) is 7.05. The highest BCUT2D eigenvalue weighted by atomic mass is 32.2. The number of aliphatic imine (C=N–C) groups is 2. The summed E-state index contributed by atoms with van der Waals surface area (Å²) >= 11 is 3.38. The van der Waals surface area contributed by atoms with Gasteiger partial charge in [0.2, 0.25) is 5.84 Å². The van der Waals surface area contributed by atoms with Crippen LogP contribution in [0.25, 0.3) is 16.8 Å². The van der Waals surface area contributed by atoms with Crippen molar-refractivity contribution in [1.29, 1.82) is 5.26 Å². The number of ether oxygens (including phenoxy) is 1. The number of unbranched alkanes of at least 4 members (excludes halogenated alkanes) is 1. The van der Waals surface area contributed by atoms with Crippen molar-refractivity contribution in [3.05, 3.63) is 35.5 Å². The molecule has 0 aromatic carbocycles. The number of nitrogens with zero attached hydrogens (tertiary/aromatic N) is 6. The van der Waals surface area contributed by atoms with Gasteiger partial charge in [0.15, 0.2) is 0 Å². The van der Waals surface area contributed by atoms with Crippen LogP contribution in [0.5, 0.6) is 0 Å². The molecular formula is C24H30N6O2S2. The van der Waals surface area contributed by atoms with Crippen LogP contribution in [0.2, 0.25) is 0 Å². The minimum Gasteiger partial charge on any atom is -0.460 e. The fourth-order valence-corrected chi connectivity index (χ4v) is 5.08. The Balaban J connectivity index is 2.54. The van der Waals surface area contributed by atoms with E-state index in [0.717, 1.165) is 40.8 Å². The third-order valence-corrected chi connectivity index (χ3v) is 7.19. The maximum atomic E-state index is 12.0. The van der Waals surface area contributed by atoms with E-state index >= 15 is 0 Å². The number of hydrogen-bond acceptors (Lipinski definition) is 8. The topological polar surface area (TPSA) is 106 Å². The summed E-state index contributed by atoms with van der Waals surface area (Å²) in [5.74, 6) is 1.15. The summed E-state index contributed by atoms with van der Waals surface area (Å²) in [5.41, 5.74) is 3.44. The van der Waals surface area contributed by atoms with Crippen LogP contribution < -0.4 is 0 Å². The number of thioether (sulfide) groups is 2. The Morgan fingerprint density at radius 1 is 1.41 bits per heavy atom. The maximum Gasteiger partial charge on any atom is 0.376 e. The van der Waals surface area contributed by atoms with Crippen molar-refractivity contribution in [1.82, 2.24) is 14.5 Å². The third-order valence-electron chi connectivity index (χ3n) is 4.91. The van der Waals surface area contributed by atoms with Gasteiger partial charge >= 0.3 is 5.97 Å². The number of allylic oxidation sites excluding steroid dienone is 1. The van der Waals surface area contributed by atoms with Crippen molar-refractivity contribution in [2.24, 2.45) is 17.0 Å². The molecule has 2 aromatic rings. The zero-order valence-electron chi connectivity index (χ0n) is 20.3. The number of pyridine rings is 1. The van der Waals surface area contributed by atoms with Crippen LogP contribution in [0.1, 0.15) is 50.7 Å². The van der Waals surface area contributed by atoms with Crippen molar-refractivity contribution in [2.75, 3.05) is 17.4 Å². The molecule has 0 bridgehead atoms. The molecule has 0 amide bonds. The number of amidine groups is 1. The molecule has 180 valence electrons. The van der Waals surface area contributed by atoms with Gasteiger partial charge in [-0.05, 0) is 51.3 Å². The zero-order valence-corrected chi connectivity index (χ0v) is 21.9. The quantitative estimate of drug-likeness (QED) is 0.110. The lowest BCUT2D eigenvalue weighted by atomic mass is 10.0. The molecule has 0 spiro atoms. The van der Waals surface area contributed by atoms with Crippen LogP contribution in [0.4, 0.5) is 0 Å². The van der Waals surface area contributed by atoms with E-state index in [0.29, 0.717) is 21.9 Å². The second-order valence-corrected chi connectivity index (χ2v) is 9.70. The van der Waals surface area contributed by atoms with Crippen molar-refractivity contribution in [3.8, 4) is 17.3 Å². The molecule has 34 heavy (non-hydrogen) atoms. The molecule has 0 atom stereocenters. The Labute approximate surface area is 209 Å². The number of aryl methyl sites for hydroxylation is 1. The molecule has 0 unspecified atom stereocenters. The Morgan fingerprint density at radius 2 is 2.18 bits per heavy atom. The molecule has 0 N–H and O–H groups in total. The number of rotatable bonds is 10. The molecule has 0 aliphatic carbocycles. The molecule has 0 saturated carbocycles. The van der Waals surface area contributed by atoms with Gasteiger partial charge in [-0.2, -0.15) is 17.0 Å². The SMILES string of the molecule is C=NC(=N/C=C(\C)c1cc(-c2cnc(C)n2C)c(C#N)c(SCSCCCC)n1)C(=O)OCC. The minimum absolute atomic E-state index is 0.126. The first-order valence-electron chi connectivity index (χ1n) is 10.9. The van der Waals surface area contributed by atoms with Gasteiger partial charge in [0.25, 0.3) is 0 Å². The van der Waals surface area contributed by atoms with Crippen LogP contribution in [0.3, 0.4) is 0 Å². The van der Waals surface area contributed by atoms with E-state index in [-0.39, 0.29) is 12.4 Å². The normalized spacial score (nSPS) is 11.9. The molecule has 8 nitrogen and oxygen atoms in total. The molecule has 0 radical (unpaired) electrons. The lowest BCUT2D eigenvalue weighted by Crippen LogP contribution is -2.14. The van der Waals surface area contributed by atoms with Gasteiger partial charge < -0.3 is 9.30 Å². The highest BCUT2D eigenvalue weighted by Gasteiger charge is 2.18. The van der Waals surface area contributed by atoms with Crippen LogP contribution in [-0.2, 0) is 16.6 Å². The predicted molar refractivity (Wildman–Crippen MR) is 141 cm³/mol. The van der Waals surface area contributed by atoms with Gasteiger partial charge in [0, 0.05) is 23.9 Å². The largest absolute Gasteiger partial charge is 0.460 e. The fraction of sp³-hybridized carbons (Fsp3) is 0.417. The average Bonchev–Trinajstić information content (AvgIpc) is 3.16. The summed E-state index contributed by atoms with van der Waals surface area (Å²) in [6.45, 7) is 11.2. The first-order valence-corrected chi connectivity index (χ1v) is 13.0. The van der Waals surface area contributed by atoms with E-state index in [4.69, 9.17) is 9.72 Å². The van der Waals surface area contributed by atoms with Gasteiger partial charge in [0.1, 0.15) is 16.9 Å². The minimum atomic E-state index is -0.638. The maximum absolute atomic E-state index is 12.0. The van der Waals surface area contributed by atoms with Crippen molar-refractivity contribution in [2.45, 2.75) is 45.6 Å². The summed E-state index contributed by atoms with van der Waals surface area (Å²) in [7, 11) is 1.92. The molecule has 2 heterocycles. The monoisotopic (exact) mass is 498 g/mol. The van der Waals surface area contributed by atoms with Crippen LogP contribution >= 0.6 is 23.5 Å². The Morgan fingerprint density at radius 3 is 2.76 bits per heavy atom. The number of nitriles is 1. The molecule has 0 aliphatic rings. The first-order chi connectivity index (χ1) is 16.4. The van der Waals surface area contributed by atoms with E-state index in [1.807, 2.05) is 43.3 Å². The van der Waals surface area contributed by atoms with E-state index in [2.05, 4.69) is 34.7 Å². The molecule has 2 rings (SSSR count). The second kappa shape index (κ2) is 13.7. The standard InChI is InChI=1S/C24H30N6O2S2/c1-7-9-10-33-15-34-23-19(12-25)18(21-14-27-17(4)30(21)6)11-20(29-23)16(3)13-28-22(26-5)24(31)32-8-2/h11,13-14H,5,7-10,15H2,1-4,6H3/b16-13+,28-22?. The molecule has 0 fully saturated rings. The summed E-state index contributed by atoms with van der Waals surface area (Å²) in [4.78, 5) is 28.9. The summed E-state index contributed by atoms with van der Waals surface area (Å²) in [5, 5.41) is 11.5. The fourth-order valence-electron chi connectivity index (χ4n) is 2.87. The Hall–Kier alpha value is -2.90. The smallest absolute Gasteiger partial charge is 0.376 e. The number of aromatic nitrogens is 3. The first kappa shape index (κ1) is 27.3. The molecule has 0 aliphatic heterocycles. The van der Waals surface area contributed by atoms with Gasteiger partial charge in [-0.3, -0.25) is 0 Å². The molecule has 0 saturated heterocycles. The van der Waals surface area contributed by atoms with Crippen molar-refractivity contribution < 1.29 is 9.53 Å². The number of imidazole rings is 1. The van der Waals surface area contributed by atoms with Gasteiger partial charge in [0.05, 0.1) is 29.8 Å². The van der Waals surface area contributed by atoms with Crippen LogP contribution in [0.15, 0.2) is 33.5 Å². The van der Waals surface area contributed by atoms with E-state index in [1.54, 1.807) is 24.9 Å². The van der Waals surface area contributed by atoms with Gasteiger partial charge in [-0.15, -0.1) is 0 Å². The summed E-state index contributed by atoms with van der Waals surface area (Å²) in [6, 6.07) is 4.20. The van der Waals surface area contributed by atoms with Crippen molar-refractivity contribution >= 4 is 47.6 Å². The van der Waals surface area contributed by atoms with Gasteiger partial charge in [-0.1, -0.05) is 25.1 Å². The number of carbonyl (C=O) groups excluding carboxylic acids is 1. The van der Waals surface area contributed by atoms with E-state index in [9.17, 15) is 10.1 Å². The van der Waals surface area contributed by atoms with Crippen LogP contribution in [0, 0.1) is 18.3 Å². The Bertz CT molecular complexity index is 1130. The average molecular weight is 499 g/mol.